The van der Waals surface area contributed by atoms with Crippen LogP contribution in [0.4, 0.5) is 0 Å². The molecule has 1 aliphatic rings. The van der Waals surface area contributed by atoms with Gasteiger partial charge in [-0.1, -0.05) is 17.3 Å². The minimum atomic E-state index is 0.114. The number of hydrogen-bond donors (Lipinski definition) is 0. The first kappa shape index (κ1) is 16.1. The normalized spacial score (nSPS) is 15.4. The molecule has 5 rings (SSSR count). The van der Waals surface area contributed by atoms with Gasteiger partial charge in [0.1, 0.15) is 6.10 Å². The number of ether oxygens (including phenoxy) is 2. The van der Waals surface area contributed by atoms with E-state index in [0.717, 1.165) is 42.5 Å². The third kappa shape index (κ3) is 3.31. The second-order valence-electron chi connectivity index (χ2n) is 6.56. The van der Waals surface area contributed by atoms with Gasteiger partial charge >= 0.3 is 0 Å². The Morgan fingerprint density at radius 2 is 2.07 bits per heavy atom. The van der Waals surface area contributed by atoms with Crippen LogP contribution in [-0.2, 0) is 11.3 Å². The van der Waals surface area contributed by atoms with E-state index in [9.17, 15) is 0 Å². The fourth-order valence-corrected chi connectivity index (χ4v) is 3.26. The van der Waals surface area contributed by atoms with E-state index in [1.54, 1.807) is 17.1 Å². The molecule has 1 aliphatic heterocycles. The molecule has 0 atom stereocenters. The van der Waals surface area contributed by atoms with Crippen molar-refractivity contribution in [2.24, 2.45) is 0 Å². The topological polar surface area (TPSA) is 87.8 Å². The van der Waals surface area contributed by atoms with E-state index in [1.807, 2.05) is 24.3 Å². The summed E-state index contributed by atoms with van der Waals surface area (Å²) in [4.78, 5) is 13.3. The molecule has 8 nitrogen and oxygen atoms in total. The van der Waals surface area contributed by atoms with Gasteiger partial charge in [-0.25, -0.2) is 9.67 Å². The van der Waals surface area contributed by atoms with Crippen molar-refractivity contribution in [3.05, 3.63) is 48.3 Å². The van der Waals surface area contributed by atoms with Gasteiger partial charge in [-0.15, -0.1) is 5.10 Å². The number of aromatic nitrogens is 6. The van der Waals surface area contributed by atoms with Gasteiger partial charge in [0, 0.05) is 24.4 Å². The van der Waals surface area contributed by atoms with Crippen LogP contribution in [0.25, 0.3) is 22.2 Å². The van der Waals surface area contributed by atoms with Crippen LogP contribution in [0, 0.1) is 0 Å². The minimum Gasteiger partial charge on any atom is -0.473 e. The van der Waals surface area contributed by atoms with E-state index >= 15 is 0 Å². The Hall–Kier alpha value is -3.13. The Morgan fingerprint density at radius 1 is 1.15 bits per heavy atom. The van der Waals surface area contributed by atoms with Crippen LogP contribution in [0.1, 0.15) is 18.4 Å². The Balaban J connectivity index is 1.42. The van der Waals surface area contributed by atoms with E-state index in [-0.39, 0.29) is 6.10 Å². The zero-order valence-corrected chi connectivity index (χ0v) is 14.7. The molecule has 4 aromatic rings. The maximum atomic E-state index is 5.96. The summed E-state index contributed by atoms with van der Waals surface area (Å²) < 4.78 is 13.1. The lowest BCUT2D eigenvalue weighted by molar-refractivity contribution is 0.0237. The van der Waals surface area contributed by atoms with Crippen LogP contribution in [0.15, 0.2) is 42.7 Å². The van der Waals surface area contributed by atoms with E-state index in [1.165, 1.54) is 0 Å². The predicted molar refractivity (Wildman–Crippen MR) is 98.4 cm³/mol. The SMILES string of the molecule is c1cnc2ccc(Cn3nnc4ncc(OC5CCOCC5)nc43)cc2c1. The molecule has 0 aliphatic carbocycles. The number of nitrogens with zero attached hydrogens (tertiary/aromatic N) is 6. The number of benzene rings is 1. The van der Waals surface area contributed by atoms with Crippen molar-refractivity contribution in [3.8, 4) is 5.88 Å². The van der Waals surface area contributed by atoms with Crippen LogP contribution < -0.4 is 4.74 Å². The molecular weight excluding hydrogens is 344 g/mol. The quantitative estimate of drug-likeness (QED) is 0.551. The molecule has 0 N–H and O–H groups in total. The molecule has 0 bridgehead atoms. The standard InChI is InChI=1S/C19H18N6O2/c1-2-14-10-13(3-4-16(14)20-7-1)12-25-19-18(23-24-25)21-11-17(22-19)27-15-5-8-26-9-6-15/h1-4,7,10-11,15H,5-6,8-9,12H2. The van der Waals surface area contributed by atoms with Gasteiger partial charge in [-0.05, 0) is 23.8 Å². The third-order valence-corrected chi connectivity index (χ3v) is 4.66. The van der Waals surface area contributed by atoms with Crippen molar-refractivity contribution >= 4 is 22.2 Å². The summed E-state index contributed by atoms with van der Waals surface area (Å²) in [6.07, 6.45) is 5.24. The highest BCUT2D eigenvalue weighted by atomic mass is 16.5. The van der Waals surface area contributed by atoms with Crippen molar-refractivity contribution in [2.45, 2.75) is 25.5 Å². The molecule has 0 saturated carbocycles. The van der Waals surface area contributed by atoms with Gasteiger partial charge in [-0.2, -0.15) is 4.98 Å². The van der Waals surface area contributed by atoms with Crippen LogP contribution >= 0.6 is 0 Å². The molecule has 4 heterocycles. The van der Waals surface area contributed by atoms with Gasteiger partial charge in [0.2, 0.25) is 17.2 Å². The Bertz CT molecular complexity index is 1090. The van der Waals surface area contributed by atoms with Gasteiger partial charge in [0.25, 0.3) is 0 Å². The van der Waals surface area contributed by atoms with Crippen LogP contribution in [0.2, 0.25) is 0 Å². The summed E-state index contributed by atoms with van der Waals surface area (Å²) in [6, 6.07) is 10.1. The lowest BCUT2D eigenvalue weighted by atomic mass is 10.1. The lowest BCUT2D eigenvalue weighted by Gasteiger charge is -2.22. The number of fused-ring (bicyclic) bond motifs is 2. The van der Waals surface area contributed by atoms with Gasteiger partial charge in [0.05, 0.1) is 31.5 Å². The zero-order valence-electron chi connectivity index (χ0n) is 14.7. The van der Waals surface area contributed by atoms with E-state index in [2.05, 4.69) is 31.3 Å². The van der Waals surface area contributed by atoms with E-state index in [0.29, 0.717) is 23.7 Å². The fourth-order valence-electron chi connectivity index (χ4n) is 3.26. The van der Waals surface area contributed by atoms with E-state index < -0.39 is 0 Å². The summed E-state index contributed by atoms with van der Waals surface area (Å²) in [5.74, 6) is 0.501. The van der Waals surface area contributed by atoms with E-state index in [4.69, 9.17) is 9.47 Å². The Morgan fingerprint density at radius 3 is 3.00 bits per heavy atom. The molecule has 0 radical (unpaired) electrons. The van der Waals surface area contributed by atoms with Crippen LogP contribution in [0.5, 0.6) is 5.88 Å². The average Bonchev–Trinajstić information content (AvgIpc) is 3.11. The van der Waals surface area contributed by atoms with Crippen LogP contribution in [-0.4, -0.2) is 49.3 Å². The van der Waals surface area contributed by atoms with Crippen molar-refractivity contribution in [1.29, 1.82) is 0 Å². The molecule has 1 saturated heterocycles. The van der Waals surface area contributed by atoms with Crippen molar-refractivity contribution in [3.63, 3.8) is 0 Å². The van der Waals surface area contributed by atoms with Crippen molar-refractivity contribution < 1.29 is 9.47 Å². The lowest BCUT2D eigenvalue weighted by Crippen LogP contribution is -2.26. The highest BCUT2D eigenvalue weighted by Gasteiger charge is 2.17. The fraction of sp³-hybridized carbons (Fsp3) is 0.316. The molecule has 0 unspecified atom stereocenters. The molecule has 0 amide bonds. The molecular formula is C19H18N6O2. The number of pyridine rings is 1. The molecule has 1 fully saturated rings. The van der Waals surface area contributed by atoms with Gasteiger partial charge < -0.3 is 9.47 Å². The molecule has 8 heteroatoms. The highest BCUT2D eigenvalue weighted by molar-refractivity contribution is 5.79. The maximum Gasteiger partial charge on any atom is 0.234 e. The van der Waals surface area contributed by atoms with Gasteiger partial charge in [-0.3, -0.25) is 4.98 Å². The minimum absolute atomic E-state index is 0.114. The average molecular weight is 362 g/mol. The monoisotopic (exact) mass is 362 g/mol. The third-order valence-electron chi connectivity index (χ3n) is 4.66. The Kier molecular flexibility index (Phi) is 4.10. The van der Waals surface area contributed by atoms with Crippen molar-refractivity contribution in [2.75, 3.05) is 13.2 Å². The first-order valence-corrected chi connectivity index (χ1v) is 8.99. The summed E-state index contributed by atoms with van der Waals surface area (Å²) in [6.45, 7) is 1.99. The van der Waals surface area contributed by atoms with Crippen LogP contribution in [0.3, 0.4) is 0 Å². The summed E-state index contributed by atoms with van der Waals surface area (Å²) in [5.41, 5.74) is 3.19. The Labute approximate surface area is 155 Å². The zero-order chi connectivity index (χ0) is 18.1. The summed E-state index contributed by atoms with van der Waals surface area (Å²) in [7, 11) is 0. The summed E-state index contributed by atoms with van der Waals surface area (Å²) >= 11 is 0. The first-order chi connectivity index (χ1) is 13.3. The number of rotatable bonds is 4. The predicted octanol–water partition coefficient (Wildman–Crippen LogP) is 2.38. The largest absolute Gasteiger partial charge is 0.473 e. The molecule has 1 aromatic carbocycles. The maximum absolute atomic E-state index is 5.96. The number of hydrogen-bond acceptors (Lipinski definition) is 7. The first-order valence-electron chi connectivity index (χ1n) is 8.99. The second-order valence-corrected chi connectivity index (χ2v) is 6.56. The smallest absolute Gasteiger partial charge is 0.234 e. The second kappa shape index (κ2) is 6.88. The van der Waals surface area contributed by atoms with Crippen molar-refractivity contribution in [1.82, 2.24) is 29.9 Å². The van der Waals surface area contributed by atoms with Gasteiger partial charge in [0.15, 0.2) is 0 Å². The summed E-state index contributed by atoms with van der Waals surface area (Å²) in [5, 5.41) is 9.42. The molecule has 136 valence electrons. The highest BCUT2D eigenvalue weighted by Crippen LogP contribution is 2.19. The molecule has 27 heavy (non-hydrogen) atoms. The molecule has 0 spiro atoms. The molecule has 3 aromatic heterocycles.